The van der Waals surface area contributed by atoms with Gasteiger partial charge in [-0.05, 0) is 32.1 Å². The molecule has 3 unspecified atom stereocenters. The van der Waals surface area contributed by atoms with Crippen molar-refractivity contribution in [3.05, 3.63) is 0 Å². The van der Waals surface area contributed by atoms with Gasteiger partial charge in [-0.1, -0.05) is 0 Å². The van der Waals surface area contributed by atoms with E-state index in [1.165, 1.54) is 12.8 Å². The summed E-state index contributed by atoms with van der Waals surface area (Å²) in [5, 5.41) is 3.56. The summed E-state index contributed by atoms with van der Waals surface area (Å²) < 4.78 is 0. The van der Waals surface area contributed by atoms with Gasteiger partial charge in [-0.2, -0.15) is 0 Å². The summed E-state index contributed by atoms with van der Waals surface area (Å²) in [7, 11) is 0. The Kier molecular flexibility index (Phi) is 2.10. The van der Waals surface area contributed by atoms with Crippen molar-refractivity contribution in [2.24, 2.45) is 11.7 Å². The smallest absolute Gasteiger partial charge is 0.0638 e. The molecule has 3 atom stereocenters. The van der Waals surface area contributed by atoms with E-state index in [0.717, 1.165) is 18.9 Å². The van der Waals surface area contributed by atoms with Crippen molar-refractivity contribution in [1.82, 2.24) is 5.32 Å². The molecule has 2 aliphatic rings. The molecular weight excluding hydrogens is 172 g/mol. The first-order chi connectivity index (χ1) is 5.59. The molecule has 3 heteroatoms. The standard InChI is InChI=1S/C9H17ClN2/c1-9(11)4-7(6-2-3-6)12-5-8(9)10/h6-8,12H,2-5,11H2,1H3. The van der Waals surface area contributed by atoms with Crippen LogP contribution in [0.3, 0.4) is 0 Å². The second kappa shape index (κ2) is 2.86. The number of alkyl halides is 1. The molecule has 1 aliphatic heterocycles. The van der Waals surface area contributed by atoms with E-state index in [4.69, 9.17) is 17.3 Å². The second-order valence-corrected chi connectivity index (χ2v) is 5.06. The molecule has 1 heterocycles. The number of piperidine rings is 1. The summed E-state index contributed by atoms with van der Waals surface area (Å²) >= 11 is 6.11. The van der Waals surface area contributed by atoms with Gasteiger partial charge in [-0.25, -0.2) is 0 Å². The minimum absolute atomic E-state index is 0.0903. The predicted octanol–water partition coefficient (Wildman–Crippen LogP) is 1.08. The third kappa shape index (κ3) is 1.61. The summed E-state index contributed by atoms with van der Waals surface area (Å²) in [6.07, 6.45) is 3.78. The summed E-state index contributed by atoms with van der Waals surface area (Å²) in [4.78, 5) is 0. The summed E-state index contributed by atoms with van der Waals surface area (Å²) in [6.45, 7) is 2.94. The molecule has 0 spiro atoms. The second-order valence-electron chi connectivity index (χ2n) is 4.53. The van der Waals surface area contributed by atoms with Gasteiger partial charge in [0.05, 0.1) is 5.38 Å². The Labute approximate surface area is 78.8 Å². The first-order valence-corrected chi connectivity index (χ1v) is 5.19. The fraction of sp³-hybridized carbons (Fsp3) is 1.00. The van der Waals surface area contributed by atoms with Crippen molar-refractivity contribution in [3.8, 4) is 0 Å². The van der Waals surface area contributed by atoms with Crippen LogP contribution in [0.2, 0.25) is 0 Å². The molecule has 12 heavy (non-hydrogen) atoms. The molecule has 70 valence electrons. The SMILES string of the molecule is CC1(N)CC(C2CC2)NCC1Cl. The molecule has 2 rings (SSSR count). The molecule has 1 saturated heterocycles. The van der Waals surface area contributed by atoms with E-state index >= 15 is 0 Å². The van der Waals surface area contributed by atoms with Crippen LogP contribution in [0, 0.1) is 5.92 Å². The largest absolute Gasteiger partial charge is 0.324 e. The Balaban J connectivity index is 1.97. The number of rotatable bonds is 1. The molecule has 0 aromatic carbocycles. The van der Waals surface area contributed by atoms with Crippen LogP contribution < -0.4 is 11.1 Å². The van der Waals surface area contributed by atoms with Gasteiger partial charge in [-0.3, -0.25) is 0 Å². The van der Waals surface area contributed by atoms with E-state index in [-0.39, 0.29) is 10.9 Å². The first-order valence-electron chi connectivity index (χ1n) is 4.76. The lowest BCUT2D eigenvalue weighted by molar-refractivity contribution is 0.262. The van der Waals surface area contributed by atoms with Gasteiger partial charge in [0.1, 0.15) is 0 Å². The van der Waals surface area contributed by atoms with Gasteiger partial charge in [0.15, 0.2) is 0 Å². The van der Waals surface area contributed by atoms with Crippen molar-refractivity contribution in [1.29, 1.82) is 0 Å². The summed E-state index contributed by atoms with van der Waals surface area (Å²) in [5.74, 6) is 0.886. The lowest BCUT2D eigenvalue weighted by atomic mass is 9.85. The molecule has 0 bridgehead atoms. The molecule has 1 aliphatic carbocycles. The maximum absolute atomic E-state index is 6.11. The van der Waals surface area contributed by atoms with E-state index in [1.807, 2.05) is 0 Å². The van der Waals surface area contributed by atoms with Crippen LogP contribution >= 0.6 is 11.6 Å². The zero-order chi connectivity index (χ0) is 8.77. The fourth-order valence-corrected chi connectivity index (χ4v) is 2.17. The average Bonchev–Trinajstić information content (AvgIpc) is 2.76. The van der Waals surface area contributed by atoms with Gasteiger partial charge in [-0.15, -0.1) is 11.6 Å². The zero-order valence-electron chi connectivity index (χ0n) is 7.52. The van der Waals surface area contributed by atoms with E-state index in [2.05, 4.69) is 12.2 Å². The van der Waals surface area contributed by atoms with E-state index in [1.54, 1.807) is 0 Å². The van der Waals surface area contributed by atoms with Gasteiger partial charge >= 0.3 is 0 Å². The zero-order valence-corrected chi connectivity index (χ0v) is 8.27. The van der Waals surface area contributed by atoms with Crippen LogP contribution in [0.5, 0.6) is 0 Å². The quantitative estimate of drug-likeness (QED) is 0.605. The molecular formula is C9H17ClN2. The number of nitrogens with two attached hydrogens (primary N) is 1. The summed E-state index contributed by atoms with van der Waals surface area (Å²) in [5.41, 5.74) is 5.94. The Morgan fingerprint density at radius 1 is 1.50 bits per heavy atom. The van der Waals surface area contributed by atoms with Crippen molar-refractivity contribution in [3.63, 3.8) is 0 Å². The summed E-state index contributed by atoms with van der Waals surface area (Å²) in [6, 6.07) is 0.634. The normalized spacial score (nSPS) is 49.2. The lowest BCUT2D eigenvalue weighted by Gasteiger charge is -2.40. The lowest BCUT2D eigenvalue weighted by Crippen LogP contribution is -2.59. The molecule has 0 radical (unpaired) electrons. The topological polar surface area (TPSA) is 38.0 Å². The average molecular weight is 189 g/mol. The van der Waals surface area contributed by atoms with Crippen molar-refractivity contribution < 1.29 is 0 Å². The van der Waals surface area contributed by atoms with Crippen molar-refractivity contribution in [2.45, 2.75) is 43.1 Å². The van der Waals surface area contributed by atoms with Gasteiger partial charge in [0, 0.05) is 18.1 Å². The van der Waals surface area contributed by atoms with Crippen LogP contribution in [0.4, 0.5) is 0 Å². The molecule has 2 nitrogen and oxygen atoms in total. The van der Waals surface area contributed by atoms with Gasteiger partial charge < -0.3 is 11.1 Å². The number of nitrogens with one attached hydrogen (secondary N) is 1. The highest BCUT2D eigenvalue weighted by Crippen LogP contribution is 2.38. The highest BCUT2D eigenvalue weighted by atomic mass is 35.5. The maximum atomic E-state index is 6.11. The third-order valence-corrected chi connectivity index (χ3v) is 3.78. The van der Waals surface area contributed by atoms with Crippen LogP contribution in [0.15, 0.2) is 0 Å². The number of hydrogen-bond donors (Lipinski definition) is 2. The van der Waals surface area contributed by atoms with Crippen molar-refractivity contribution in [2.75, 3.05) is 6.54 Å². The number of halogens is 1. The van der Waals surface area contributed by atoms with Crippen LogP contribution in [-0.4, -0.2) is 23.5 Å². The highest BCUT2D eigenvalue weighted by molar-refractivity contribution is 6.21. The van der Waals surface area contributed by atoms with Crippen LogP contribution in [0.1, 0.15) is 26.2 Å². The Morgan fingerprint density at radius 2 is 2.17 bits per heavy atom. The monoisotopic (exact) mass is 188 g/mol. The predicted molar refractivity (Wildman–Crippen MR) is 51.4 cm³/mol. The molecule has 2 fully saturated rings. The molecule has 0 aromatic rings. The fourth-order valence-electron chi connectivity index (χ4n) is 1.99. The molecule has 1 saturated carbocycles. The molecule has 0 amide bonds. The first kappa shape index (κ1) is 8.79. The minimum Gasteiger partial charge on any atom is -0.324 e. The Morgan fingerprint density at radius 3 is 2.67 bits per heavy atom. The minimum atomic E-state index is -0.167. The number of hydrogen-bond acceptors (Lipinski definition) is 2. The Bertz CT molecular complexity index is 177. The van der Waals surface area contributed by atoms with Gasteiger partial charge in [0.25, 0.3) is 0 Å². The van der Waals surface area contributed by atoms with Crippen molar-refractivity contribution >= 4 is 11.6 Å². The van der Waals surface area contributed by atoms with E-state index in [9.17, 15) is 0 Å². The Hall–Kier alpha value is 0.210. The van der Waals surface area contributed by atoms with E-state index in [0.29, 0.717) is 6.04 Å². The van der Waals surface area contributed by atoms with Gasteiger partial charge in [0.2, 0.25) is 0 Å². The maximum Gasteiger partial charge on any atom is 0.0638 e. The van der Waals surface area contributed by atoms with Crippen LogP contribution in [0.25, 0.3) is 0 Å². The molecule has 0 aromatic heterocycles. The van der Waals surface area contributed by atoms with Crippen LogP contribution in [-0.2, 0) is 0 Å². The molecule has 3 N–H and O–H groups in total. The van der Waals surface area contributed by atoms with E-state index < -0.39 is 0 Å². The third-order valence-electron chi connectivity index (χ3n) is 3.13. The highest BCUT2D eigenvalue weighted by Gasteiger charge is 2.41.